The van der Waals surface area contributed by atoms with Gasteiger partial charge in [-0.1, -0.05) is 116 Å². The molecule has 0 saturated heterocycles. The van der Waals surface area contributed by atoms with Gasteiger partial charge in [0, 0.05) is 17.5 Å². The molecule has 46 heavy (non-hydrogen) atoms. The lowest BCUT2D eigenvalue weighted by atomic mass is 9.96. The fourth-order valence-electron chi connectivity index (χ4n) is 5.42. The first-order chi connectivity index (χ1) is 22.2. The SMILES string of the molecule is CCCCCCCCCCCCCCOc1ccc(C(=O)O)c(-c2ccc(-c3ccc(OC(=O)C[C@@H](C)CC)c(F)c3)cc2F)c1. The maximum absolute atomic E-state index is 15.5. The van der Waals surface area contributed by atoms with E-state index in [4.69, 9.17) is 9.47 Å². The van der Waals surface area contributed by atoms with Crippen molar-refractivity contribution in [1.29, 1.82) is 0 Å². The fraction of sp³-hybridized carbons (Fsp3) is 0.487. The van der Waals surface area contributed by atoms with Crippen LogP contribution in [0.2, 0.25) is 0 Å². The summed E-state index contributed by atoms with van der Waals surface area (Å²) in [6.45, 7) is 6.62. The van der Waals surface area contributed by atoms with Gasteiger partial charge in [-0.2, -0.15) is 0 Å². The highest BCUT2D eigenvalue weighted by Crippen LogP contribution is 2.34. The number of ether oxygens (including phenoxy) is 2. The standard InChI is InChI=1S/C39H50F2O5/c1-4-6-7-8-9-10-11-12-13-14-15-16-23-45-31-19-21-33(39(43)44)34(27-31)32-20-17-29(25-35(32)40)30-18-22-37(36(41)26-30)46-38(42)24-28(3)5-2/h17-22,25-28H,4-16,23-24H2,1-3H3,(H,43,44)/t28-/m0/s1. The Hall–Kier alpha value is -3.74. The second-order valence-electron chi connectivity index (χ2n) is 12.3. The molecule has 0 unspecified atom stereocenters. The number of unbranched alkanes of at least 4 members (excludes halogenated alkanes) is 11. The third kappa shape index (κ3) is 11.9. The quantitative estimate of drug-likeness (QED) is 0.0715. The molecule has 0 spiro atoms. The average molecular weight is 637 g/mol. The van der Waals surface area contributed by atoms with Gasteiger partial charge < -0.3 is 14.6 Å². The van der Waals surface area contributed by atoms with Crippen LogP contribution < -0.4 is 9.47 Å². The van der Waals surface area contributed by atoms with Crippen molar-refractivity contribution in [3.05, 3.63) is 71.8 Å². The van der Waals surface area contributed by atoms with E-state index in [9.17, 15) is 19.1 Å². The molecule has 0 bridgehead atoms. The van der Waals surface area contributed by atoms with Gasteiger partial charge in [-0.15, -0.1) is 0 Å². The summed E-state index contributed by atoms with van der Waals surface area (Å²) in [7, 11) is 0. The normalized spacial score (nSPS) is 11.8. The van der Waals surface area contributed by atoms with Crippen LogP contribution in [0.25, 0.3) is 22.3 Å². The molecule has 0 heterocycles. The number of halogens is 2. The van der Waals surface area contributed by atoms with Crippen LogP contribution in [0.5, 0.6) is 11.5 Å². The van der Waals surface area contributed by atoms with Gasteiger partial charge >= 0.3 is 11.9 Å². The molecule has 1 N–H and O–H groups in total. The van der Waals surface area contributed by atoms with E-state index in [0.717, 1.165) is 25.7 Å². The summed E-state index contributed by atoms with van der Waals surface area (Å²) in [4.78, 5) is 24.1. The van der Waals surface area contributed by atoms with E-state index < -0.39 is 23.6 Å². The van der Waals surface area contributed by atoms with Crippen molar-refractivity contribution in [2.45, 2.75) is 111 Å². The molecule has 1 atom stereocenters. The number of carbonyl (C=O) groups excluding carboxylic acids is 1. The number of carboxylic acids is 1. The van der Waals surface area contributed by atoms with Gasteiger partial charge in [0.2, 0.25) is 0 Å². The van der Waals surface area contributed by atoms with E-state index >= 15 is 4.39 Å². The number of hydrogen-bond donors (Lipinski definition) is 1. The van der Waals surface area contributed by atoms with Gasteiger partial charge in [0.15, 0.2) is 11.6 Å². The van der Waals surface area contributed by atoms with Gasteiger partial charge in [0.1, 0.15) is 11.6 Å². The number of hydrogen-bond acceptors (Lipinski definition) is 4. The lowest BCUT2D eigenvalue weighted by Crippen LogP contribution is -2.12. The highest BCUT2D eigenvalue weighted by Gasteiger charge is 2.18. The molecule has 3 aromatic rings. The number of esters is 1. The smallest absolute Gasteiger partial charge is 0.336 e. The molecular formula is C39H50F2O5. The number of rotatable bonds is 21. The molecular weight excluding hydrogens is 586 g/mol. The molecule has 0 aliphatic carbocycles. The van der Waals surface area contributed by atoms with Crippen molar-refractivity contribution in [2.24, 2.45) is 5.92 Å². The minimum atomic E-state index is -1.17. The first-order valence-electron chi connectivity index (χ1n) is 17.0. The third-order valence-corrected chi connectivity index (χ3v) is 8.45. The maximum Gasteiger partial charge on any atom is 0.336 e. The molecule has 7 heteroatoms. The second-order valence-corrected chi connectivity index (χ2v) is 12.3. The van der Waals surface area contributed by atoms with E-state index in [0.29, 0.717) is 23.5 Å². The van der Waals surface area contributed by atoms with Crippen LogP contribution in [0, 0.1) is 17.6 Å². The number of aromatic carboxylic acids is 1. The Morgan fingerprint density at radius 3 is 1.87 bits per heavy atom. The van der Waals surface area contributed by atoms with Crippen LogP contribution in [0.4, 0.5) is 8.78 Å². The van der Waals surface area contributed by atoms with Crippen molar-refractivity contribution < 1.29 is 33.0 Å². The van der Waals surface area contributed by atoms with Gasteiger partial charge in [0.05, 0.1) is 12.2 Å². The first kappa shape index (κ1) is 36.7. The molecule has 0 amide bonds. The highest BCUT2D eigenvalue weighted by molar-refractivity contribution is 5.96. The summed E-state index contributed by atoms with van der Waals surface area (Å²) in [5.74, 6) is -2.64. The van der Waals surface area contributed by atoms with Gasteiger partial charge in [-0.25, -0.2) is 13.6 Å². The lowest BCUT2D eigenvalue weighted by molar-refractivity contribution is -0.135. The predicted molar refractivity (Wildman–Crippen MR) is 180 cm³/mol. The van der Waals surface area contributed by atoms with E-state index in [1.165, 1.54) is 88.1 Å². The van der Waals surface area contributed by atoms with E-state index in [1.54, 1.807) is 24.3 Å². The second kappa shape index (κ2) is 19.7. The minimum absolute atomic E-state index is 0.0426. The summed E-state index contributed by atoms with van der Waals surface area (Å²) < 4.78 is 41.3. The summed E-state index contributed by atoms with van der Waals surface area (Å²) in [5, 5.41) is 9.78. The molecule has 0 aliphatic rings. The molecule has 3 rings (SSSR count). The fourth-order valence-corrected chi connectivity index (χ4v) is 5.42. The summed E-state index contributed by atoms with van der Waals surface area (Å²) in [5.41, 5.74) is 1.06. The van der Waals surface area contributed by atoms with E-state index in [-0.39, 0.29) is 34.8 Å². The van der Waals surface area contributed by atoms with Crippen LogP contribution >= 0.6 is 0 Å². The van der Waals surface area contributed by atoms with Crippen molar-refractivity contribution >= 4 is 11.9 Å². The van der Waals surface area contributed by atoms with E-state index in [2.05, 4.69) is 6.92 Å². The molecule has 5 nitrogen and oxygen atoms in total. The minimum Gasteiger partial charge on any atom is -0.494 e. The molecule has 3 aromatic carbocycles. The van der Waals surface area contributed by atoms with Gasteiger partial charge in [-0.3, -0.25) is 4.79 Å². The Kier molecular flexibility index (Phi) is 15.7. The highest BCUT2D eigenvalue weighted by atomic mass is 19.1. The molecule has 0 aromatic heterocycles. The number of benzene rings is 3. The third-order valence-electron chi connectivity index (χ3n) is 8.45. The summed E-state index contributed by atoms with van der Waals surface area (Å²) in [6.07, 6.45) is 15.9. The summed E-state index contributed by atoms with van der Waals surface area (Å²) in [6, 6.07) is 13.0. The zero-order chi connectivity index (χ0) is 33.3. The van der Waals surface area contributed by atoms with Crippen LogP contribution in [0.1, 0.15) is 121 Å². The Morgan fingerprint density at radius 2 is 1.30 bits per heavy atom. The molecule has 0 radical (unpaired) electrons. The topological polar surface area (TPSA) is 72.8 Å². The molecule has 0 saturated carbocycles. The van der Waals surface area contributed by atoms with Gasteiger partial charge in [-0.05, 0) is 59.9 Å². The predicted octanol–water partition coefficient (Wildman–Crippen LogP) is 11.4. The molecule has 0 aliphatic heterocycles. The first-order valence-corrected chi connectivity index (χ1v) is 17.0. The zero-order valence-electron chi connectivity index (χ0n) is 27.7. The monoisotopic (exact) mass is 636 g/mol. The van der Waals surface area contributed by atoms with Crippen LogP contribution in [-0.4, -0.2) is 23.7 Å². The Labute approximate surface area is 273 Å². The molecule has 0 fully saturated rings. The molecule has 250 valence electrons. The Morgan fingerprint density at radius 1 is 0.717 bits per heavy atom. The zero-order valence-corrected chi connectivity index (χ0v) is 27.7. The maximum atomic E-state index is 15.5. The average Bonchev–Trinajstić information content (AvgIpc) is 3.03. The van der Waals surface area contributed by atoms with Gasteiger partial charge in [0.25, 0.3) is 0 Å². The van der Waals surface area contributed by atoms with Crippen molar-refractivity contribution in [1.82, 2.24) is 0 Å². The summed E-state index contributed by atoms with van der Waals surface area (Å²) >= 11 is 0. The van der Waals surface area contributed by atoms with Crippen LogP contribution in [0.15, 0.2) is 54.6 Å². The number of carboxylic acid groups (broad SMARTS) is 1. The largest absolute Gasteiger partial charge is 0.494 e. The van der Waals surface area contributed by atoms with Crippen LogP contribution in [-0.2, 0) is 4.79 Å². The Balaban J connectivity index is 1.57. The number of carbonyl (C=O) groups is 2. The van der Waals surface area contributed by atoms with Crippen LogP contribution in [0.3, 0.4) is 0 Å². The Bertz CT molecular complexity index is 1400. The van der Waals surface area contributed by atoms with Crippen molar-refractivity contribution in [3.63, 3.8) is 0 Å². The van der Waals surface area contributed by atoms with Crippen molar-refractivity contribution in [3.8, 4) is 33.8 Å². The lowest BCUT2D eigenvalue weighted by Gasteiger charge is -2.13. The van der Waals surface area contributed by atoms with Crippen molar-refractivity contribution in [2.75, 3.05) is 6.61 Å². The van der Waals surface area contributed by atoms with E-state index in [1.807, 2.05) is 13.8 Å².